The molecule has 0 saturated heterocycles. The Morgan fingerprint density at radius 2 is 2.26 bits per heavy atom. The van der Waals surface area contributed by atoms with Crippen LogP contribution in [0.15, 0.2) is 32.8 Å². The Morgan fingerprint density at radius 3 is 2.95 bits per heavy atom. The molecule has 0 unspecified atom stereocenters. The Hall–Kier alpha value is -0.550. The zero-order valence-electron chi connectivity index (χ0n) is 11.1. The summed E-state index contributed by atoms with van der Waals surface area (Å²) in [5, 5.41) is 6.30. The van der Waals surface area contributed by atoms with E-state index in [1.54, 1.807) is 23.1 Å². The number of rotatable bonds is 6. The van der Waals surface area contributed by atoms with Crippen LogP contribution in [0.2, 0.25) is 5.02 Å². The number of hydrogen-bond donors (Lipinski definition) is 1. The topological polar surface area (TPSA) is 24.9 Å². The molecule has 0 aliphatic carbocycles. The third-order valence-electron chi connectivity index (χ3n) is 2.60. The lowest BCUT2D eigenvalue weighted by molar-refractivity contribution is 0.669. The maximum atomic E-state index is 6.31. The highest BCUT2D eigenvalue weighted by molar-refractivity contribution is 8.01. The molecule has 2 rings (SSSR count). The van der Waals surface area contributed by atoms with E-state index < -0.39 is 0 Å². The first-order valence-electron chi connectivity index (χ1n) is 6.28. The van der Waals surface area contributed by atoms with Gasteiger partial charge < -0.3 is 5.32 Å². The maximum Gasteiger partial charge on any atom is 0.154 e. The van der Waals surface area contributed by atoms with Crippen molar-refractivity contribution in [3.05, 3.63) is 39.9 Å². The Labute approximate surface area is 127 Å². The summed E-state index contributed by atoms with van der Waals surface area (Å²) in [6.07, 6.45) is 1.12. The Balaban J connectivity index is 2.16. The molecule has 5 heteroatoms. The second-order valence-corrected chi connectivity index (χ2v) is 6.80. The van der Waals surface area contributed by atoms with Crippen LogP contribution in [-0.4, -0.2) is 11.5 Å². The predicted molar refractivity (Wildman–Crippen MR) is 84.4 cm³/mol. The molecule has 19 heavy (non-hydrogen) atoms. The van der Waals surface area contributed by atoms with E-state index in [1.165, 1.54) is 4.90 Å². The number of nitrogens with one attached hydrogen (secondary N) is 1. The fourth-order valence-corrected chi connectivity index (χ4v) is 3.92. The molecule has 2 aromatic rings. The van der Waals surface area contributed by atoms with Gasteiger partial charge in [-0.3, -0.25) is 0 Å². The number of nitrogens with zero attached hydrogens (tertiary/aromatic N) is 1. The molecule has 0 spiro atoms. The van der Waals surface area contributed by atoms with Crippen molar-refractivity contribution < 1.29 is 0 Å². The molecule has 1 aromatic heterocycles. The first-order chi connectivity index (χ1) is 9.20. The van der Waals surface area contributed by atoms with E-state index in [0.29, 0.717) is 0 Å². The van der Waals surface area contributed by atoms with Gasteiger partial charge in [-0.25, -0.2) is 4.98 Å². The van der Waals surface area contributed by atoms with Crippen LogP contribution in [0.4, 0.5) is 0 Å². The zero-order chi connectivity index (χ0) is 13.7. The molecule has 1 aromatic carbocycles. The van der Waals surface area contributed by atoms with Gasteiger partial charge in [-0.2, -0.15) is 0 Å². The van der Waals surface area contributed by atoms with E-state index in [1.807, 2.05) is 19.1 Å². The van der Waals surface area contributed by atoms with Gasteiger partial charge in [-0.15, -0.1) is 11.3 Å². The standard InChI is InChI=1S/C14H17ClN2S2/c1-3-7-16-8-11-12(15)5-4-6-13(11)19-14-17-10(2)9-18-14/h4-6,9,16H,3,7-8H2,1-2H3. The van der Waals surface area contributed by atoms with Crippen LogP contribution >= 0.6 is 34.7 Å². The molecule has 0 aliphatic heterocycles. The summed E-state index contributed by atoms with van der Waals surface area (Å²) in [7, 11) is 0. The SMILES string of the molecule is CCCNCc1c(Cl)cccc1Sc1nc(C)cs1. The number of benzene rings is 1. The highest BCUT2D eigenvalue weighted by atomic mass is 35.5. The van der Waals surface area contributed by atoms with Crippen molar-refractivity contribution in [3.63, 3.8) is 0 Å². The first kappa shape index (κ1) is 14.9. The number of aromatic nitrogens is 1. The molecule has 0 fully saturated rings. The van der Waals surface area contributed by atoms with E-state index in [2.05, 4.69) is 28.7 Å². The fourth-order valence-electron chi connectivity index (χ4n) is 1.67. The summed E-state index contributed by atoms with van der Waals surface area (Å²) in [4.78, 5) is 5.68. The van der Waals surface area contributed by atoms with Gasteiger partial charge in [0.2, 0.25) is 0 Å². The predicted octanol–water partition coefficient (Wildman–Crippen LogP) is 4.76. The van der Waals surface area contributed by atoms with Crippen LogP contribution in [0, 0.1) is 6.92 Å². The number of halogens is 1. The zero-order valence-corrected chi connectivity index (χ0v) is 13.5. The largest absolute Gasteiger partial charge is 0.313 e. The van der Waals surface area contributed by atoms with Gasteiger partial charge in [0, 0.05) is 27.5 Å². The van der Waals surface area contributed by atoms with Gasteiger partial charge in [0.25, 0.3) is 0 Å². The van der Waals surface area contributed by atoms with Crippen molar-refractivity contribution in [1.29, 1.82) is 0 Å². The molecule has 0 saturated carbocycles. The quantitative estimate of drug-likeness (QED) is 0.779. The average molecular weight is 313 g/mol. The molecule has 0 amide bonds. The summed E-state index contributed by atoms with van der Waals surface area (Å²) in [5.41, 5.74) is 2.23. The minimum atomic E-state index is 0.806. The molecule has 0 radical (unpaired) electrons. The highest BCUT2D eigenvalue weighted by Crippen LogP contribution is 2.35. The monoisotopic (exact) mass is 312 g/mol. The van der Waals surface area contributed by atoms with Crippen LogP contribution in [0.5, 0.6) is 0 Å². The highest BCUT2D eigenvalue weighted by Gasteiger charge is 2.10. The van der Waals surface area contributed by atoms with Crippen molar-refractivity contribution in [2.24, 2.45) is 0 Å². The number of thiazole rings is 1. The first-order valence-corrected chi connectivity index (χ1v) is 8.36. The van der Waals surface area contributed by atoms with Gasteiger partial charge >= 0.3 is 0 Å². The molecule has 2 nitrogen and oxygen atoms in total. The minimum Gasteiger partial charge on any atom is -0.313 e. The van der Waals surface area contributed by atoms with Gasteiger partial charge in [0.1, 0.15) is 0 Å². The molecule has 0 bridgehead atoms. The van der Waals surface area contributed by atoms with Crippen LogP contribution in [-0.2, 0) is 6.54 Å². The van der Waals surface area contributed by atoms with Crippen molar-refractivity contribution in [2.75, 3.05) is 6.54 Å². The second kappa shape index (κ2) is 7.29. The molecule has 102 valence electrons. The molecule has 1 N–H and O–H groups in total. The summed E-state index contributed by atoms with van der Waals surface area (Å²) in [6.45, 7) is 5.99. The minimum absolute atomic E-state index is 0.806. The van der Waals surface area contributed by atoms with Gasteiger partial charge in [-0.05, 0) is 37.6 Å². The summed E-state index contributed by atoms with van der Waals surface area (Å²) < 4.78 is 1.07. The smallest absolute Gasteiger partial charge is 0.154 e. The summed E-state index contributed by atoms with van der Waals surface area (Å²) >= 11 is 9.68. The van der Waals surface area contributed by atoms with Crippen molar-refractivity contribution in [2.45, 2.75) is 36.0 Å². The average Bonchev–Trinajstić information content (AvgIpc) is 2.78. The molecule has 0 aliphatic rings. The Kier molecular flexibility index (Phi) is 5.70. The lowest BCUT2D eigenvalue weighted by Gasteiger charge is -2.10. The van der Waals surface area contributed by atoms with Gasteiger partial charge in [0.15, 0.2) is 4.34 Å². The summed E-state index contributed by atoms with van der Waals surface area (Å²) in [6, 6.07) is 6.05. The third kappa shape index (κ3) is 4.21. The van der Waals surface area contributed by atoms with Gasteiger partial charge in [0.05, 0.1) is 0 Å². The van der Waals surface area contributed by atoms with Crippen LogP contribution < -0.4 is 5.32 Å². The lowest BCUT2D eigenvalue weighted by Crippen LogP contribution is -2.14. The normalized spacial score (nSPS) is 10.9. The van der Waals surface area contributed by atoms with E-state index >= 15 is 0 Å². The van der Waals surface area contributed by atoms with Crippen LogP contribution in [0.3, 0.4) is 0 Å². The lowest BCUT2D eigenvalue weighted by atomic mass is 10.2. The van der Waals surface area contributed by atoms with Crippen molar-refractivity contribution >= 4 is 34.7 Å². The Bertz CT molecular complexity index is 540. The van der Waals surface area contributed by atoms with E-state index in [-0.39, 0.29) is 0 Å². The number of aryl methyl sites for hydroxylation is 1. The fraction of sp³-hybridized carbons (Fsp3) is 0.357. The van der Waals surface area contributed by atoms with E-state index in [9.17, 15) is 0 Å². The van der Waals surface area contributed by atoms with Crippen LogP contribution in [0.1, 0.15) is 24.6 Å². The van der Waals surface area contributed by atoms with E-state index in [0.717, 1.165) is 40.1 Å². The third-order valence-corrected chi connectivity index (χ3v) is 5.11. The molecular formula is C14H17ClN2S2. The molecule has 1 heterocycles. The summed E-state index contributed by atoms with van der Waals surface area (Å²) in [5.74, 6) is 0. The molecular weight excluding hydrogens is 296 g/mol. The maximum absolute atomic E-state index is 6.31. The molecule has 0 atom stereocenters. The van der Waals surface area contributed by atoms with Crippen molar-refractivity contribution in [3.8, 4) is 0 Å². The van der Waals surface area contributed by atoms with Crippen LogP contribution in [0.25, 0.3) is 0 Å². The van der Waals surface area contributed by atoms with Crippen molar-refractivity contribution in [1.82, 2.24) is 10.3 Å². The second-order valence-electron chi connectivity index (χ2n) is 4.25. The Morgan fingerprint density at radius 1 is 1.42 bits per heavy atom. The number of hydrogen-bond acceptors (Lipinski definition) is 4. The van der Waals surface area contributed by atoms with Gasteiger partial charge in [-0.1, -0.05) is 36.4 Å². The van der Waals surface area contributed by atoms with E-state index in [4.69, 9.17) is 11.6 Å².